The molecule has 0 bridgehead atoms. The lowest BCUT2D eigenvalue weighted by Crippen LogP contribution is -2.49. The van der Waals surface area contributed by atoms with Gasteiger partial charge in [0.15, 0.2) is 0 Å². The van der Waals surface area contributed by atoms with Crippen LogP contribution < -0.4 is 5.32 Å². The molecular weight excluding hydrogens is 220 g/mol. The van der Waals surface area contributed by atoms with Crippen LogP contribution in [0.5, 0.6) is 0 Å². The lowest BCUT2D eigenvalue weighted by molar-refractivity contribution is 0.151. The zero-order valence-electron chi connectivity index (χ0n) is 11.4. The molecule has 2 aliphatic heterocycles. The van der Waals surface area contributed by atoms with E-state index in [1.165, 1.54) is 45.4 Å². The summed E-state index contributed by atoms with van der Waals surface area (Å²) in [6.07, 6.45) is 3.81. The van der Waals surface area contributed by atoms with E-state index in [0.29, 0.717) is 0 Å². The molecule has 2 heterocycles. The van der Waals surface area contributed by atoms with Crippen LogP contribution in [0.2, 0.25) is 0 Å². The highest BCUT2D eigenvalue weighted by Gasteiger charge is 2.25. The summed E-state index contributed by atoms with van der Waals surface area (Å²) >= 11 is 0. The fraction of sp³-hybridized carbons (Fsp3) is 0.625. The van der Waals surface area contributed by atoms with Crippen LogP contribution in [-0.2, 0) is 12.8 Å². The highest BCUT2D eigenvalue weighted by Crippen LogP contribution is 2.20. The van der Waals surface area contributed by atoms with Crippen molar-refractivity contribution < 1.29 is 0 Å². The molecule has 0 radical (unpaired) electrons. The van der Waals surface area contributed by atoms with E-state index in [-0.39, 0.29) is 0 Å². The van der Waals surface area contributed by atoms with Crippen molar-refractivity contribution in [1.29, 1.82) is 0 Å². The second-order valence-electron chi connectivity index (χ2n) is 5.96. The summed E-state index contributed by atoms with van der Waals surface area (Å²) in [7, 11) is 0. The summed E-state index contributed by atoms with van der Waals surface area (Å²) in [5.41, 5.74) is 3.13. The lowest BCUT2D eigenvalue weighted by Gasteiger charge is -2.36. The summed E-state index contributed by atoms with van der Waals surface area (Å²) in [6, 6.07) is 9.72. The molecule has 0 saturated carbocycles. The van der Waals surface area contributed by atoms with E-state index < -0.39 is 0 Å². The first-order valence-electron chi connectivity index (χ1n) is 7.34. The molecule has 1 saturated heterocycles. The SMILES string of the molecule is CC1CNCC(N2CCc3ccccc3CC2)C1. The molecule has 2 atom stereocenters. The molecule has 2 heteroatoms. The fourth-order valence-electron chi connectivity index (χ4n) is 3.46. The van der Waals surface area contributed by atoms with Crippen LogP contribution >= 0.6 is 0 Å². The van der Waals surface area contributed by atoms with Gasteiger partial charge in [0.05, 0.1) is 0 Å². The Hall–Kier alpha value is -0.860. The van der Waals surface area contributed by atoms with Gasteiger partial charge in [-0.15, -0.1) is 0 Å². The predicted molar refractivity (Wildman–Crippen MR) is 75.9 cm³/mol. The van der Waals surface area contributed by atoms with Crippen LogP contribution in [0.15, 0.2) is 24.3 Å². The molecule has 3 rings (SSSR count). The van der Waals surface area contributed by atoms with Gasteiger partial charge in [0.2, 0.25) is 0 Å². The second kappa shape index (κ2) is 5.41. The highest BCUT2D eigenvalue weighted by atomic mass is 15.2. The molecule has 0 aromatic heterocycles. The molecule has 1 aromatic carbocycles. The Balaban J connectivity index is 1.67. The van der Waals surface area contributed by atoms with Gasteiger partial charge in [-0.25, -0.2) is 0 Å². The van der Waals surface area contributed by atoms with E-state index in [0.717, 1.165) is 12.0 Å². The van der Waals surface area contributed by atoms with Crippen molar-refractivity contribution in [1.82, 2.24) is 10.2 Å². The van der Waals surface area contributed by atoms with Crippen LogP contribution in [0.3, 0.4) is 0 Å². The maximum Gasteiger partial charge on any atom is 0.0223 e. The van der Waals surface area contributed by atoms with Crippen LogP contribution in [0.25, 0.3) is 0 Å². The number of nitrogens with zero attached hydrogens (tertiary/aromatic N) is 1. The topological polar surface area (TPSA) is 15.3 Å². The van der Waals surface area contributed by atoms with E-state index in [4.69, 9.17) is 0 Å². The van der Waals surface area contributed by atoms with Gasteiger partial charge in [0, 0.05) is 25.7 Å². The number of hydrogen-bond acceptors (Lipinski definition) is 2. The molecular formula is C16H24N2. The van der Waals surface area contributed by atoms with Crippen LogP contribution in [0, 0.1) is 5.92 Å². The van der Waals surface area contributed by atoms with E-state index in [2.05, 4.69) is 41.4 Å². The highest BCUT2D eigenvalue weighted by molar-refractivity contribution is 5.28. The first kappa shape index (κ1) is 12.2. The molecule has 2 aliphatic rings. The molecule has 0 amide bonds. The minimum atomic E-state index is 0.753. The molecule has 2 unspecified atom stereocenters. The number of piperidine rings is 1. The molecule has 1 aromatic rings. The Bertz CT molecular complexity index is 375. The Morgan fingerprint density at radius 2 is 1.72 bits per heavy atom. The van der Waals surface area contributed by atoms with Crippen molar-refractivity contribution in [2.75, 3.05) is 26.2 Å². The van der Waals surface area contributed by atoms with Crippen molar-refractivity contribution in [2.24, 2.45) is 5.92 Å². The van der Waals surface area contributed by atoms with Crippen molar-refractivity contribution in [3.63, 3.8) is 0 Å². The quantitative estimate of drug-likeness (QED) is 0.814. The second-order valence-corrected chi connectivity index (χ2v) is 5.96. The van der Waals surface area contributed by atoms with Gasteiger partial charge in [-0.1, -0.05) is 31.2 Å². The van der Waals surface area contributed by atoms with E-state index in [1.54, 1.807) is 11.1 Å². The van der Waals surface area contributed by atoms with Gasteiger partial charge in [0.25, 0.3) is 0 Å². The number of benzene rings is 1. The maximum atomic E-state index is 3.58. The normalized spacial score (nSPS) is 29.6. The van der Waals surface area contributed by atoms with E-state index >= 15 is 0 Å². The number of nitrogens with one attached hydrogen (secondary N) is 1. The summed E-state index contributed by atoms with van der Waals surface area (Å²) in [4.78, 5) is 2.71. The van der Waals surface area contributed by atoms with Gasteiger partial charge >= 0.3 is 0 Å². The minimum absolute atomic E-state index is 0.753. The molecule has 2 nitrogen and oxygen atoms in total. The monoisotopic (exact) mass is 244 g/mol. The summed E-state index contributed by atoms with van der Waals surface area (Å²) in [5, 5.41) is 3.58. The van der Waals surface area contributed by atoms with Crippen molar-refractivity contribution in [2.45, 2.75) is 32.2 Å². The third-order valence-corrected chi connectivity index (χ3v) is 4.52. The van der Waals surface area contributed by atoms with Gasteiger partial charge in [-0.2, -0.15) is 0 Å². The Morgan fingerprint density at radius 1 is 1.06 bits per heavy atom. The third-order valence-electron chi connectivity index (χ3n) is 4.52. The van der Waals surface area contributed by atoms with Crippen molar-refractivity contribution >= 4 is 0 Å². The number of rotatable bonds is 1. The average molecular weight is 244 g/mol. The Labute approximate surface area is 110 Å². The molecule has 0 spiro atoms. The first-order chi connectivity index (χ1) is 8.83. The van der Waals surface area contributed by atoms with Crippen molar-refractivity contribution in [3.05, 3.63) is 35.4 Å². The van der Waals surface area contributed by atoms with E-state index in [1.807, 2.05) is 0 Å². The largest absolute Gasteiger partial charge is 0.315 e. The zero-order valence-corrected chi connectivity index (χ0v) is 11.4. The Kier molecular flexibility index (Phi) is 3.67. The smallest absolute Gasteiger partial charge is 0.0223 e. The predicted octanol–water partition coefficient (Wildman–Crippen LogP) is 2.09. The lowest BCUT2D eigenvalue weighted by atomic mass is 9.96. The van der Waals surface area contributed by atoms with Crippen LogP contribution in [-0.4, -0.2) is 37.1 Å². The van der Waals surface area contributed by atoms with Gasteiger partial charge in [0.1, 0.15) is 0 Å². The Morgan fingerprint density at radius 3 is 2.33 bits per heavy atom. The standard InChI is InChI=1S/C16H24N2/c1-13-10-16(12-17-11-13)18-8-6-14-4-2-3-5-15(14)7-9-18/h2-5,13,16-17H,6-12H2,1H3. The molecule has 1 fully saturated rings. The third kappa shape index (κ3) is 2.60. The fourth-order valence-corrected chi connectivity index (χ4v) is 3.46. The van der Waals surface area contributed by atoms with E-state index in [9.17, 15) is 0 Å². The molecule has 98 valence electrons. The maximum absolute atomic E-state index is 3.58. The van der Waals surface area contributed by atoms with Gasteiger partial charge in [-0.3, -0.25) is 4.90 Å². The molecule has 0 aliphatic carbocycles. The molecule has 18 heavy (non-hydrogen) atoms. The average Bonchev–Trinajstić information content (AvgIpc) is 2.61. The number of fused-ring (bicyclic) bond motifs is 1. The minimum Gasteiger partial charge on any atom is -0.315 e. The van der Waals surface area contributed by atoms with Crippen molar-refractivity contribution in [3.8, 4) is 0 Å². The summed E-state index contributed by atoms with van der Waals surface area (Å²) in [5.74, 6) is 0.828. The zero-order chi connectivity index (χ0) is 12.4. The van der Waals surface area contributed by atoms with Crippen LogP contribution in [0.4, 0.5) is 0 Å². The summed E-state index contributed by atoms with van der Waals surface area (Å²) in [6.45, 7) is 7.21. The first-order valence-corrected chi connectivity index (χ1v) is 7.34. The molecule has 1 N–H and O–H groups in total. The van der Waals surface area contributed by atoms with Crippen LogP contribution in [0.1, 0.15) is 24.5 Å². The van der Waals surface area contributed by atoms with Gasteiger partial charge in [-0.05, 0) is 42.9 Å². The van der Waals surface area contributed by atoms with Gasteiger partial charge < -0.3 is 5.32 Å². The summed E-state index contributed by atoms with van der Waals surface area (Å²) < 4.78 is 0. The number of hydrogen-bond donors (Lipinski definition) is 1.